The summed E-state index contributed by atoms with van der Waals surface area (Å²) in [6, 6.07) is 10.8. The molecule has 3 fully saturated rings. The Morgan fingerprint density at radius 2 is 1.77 bits per heavy atom. The number of benzene rings is 1. The van der Waals surface area contributed by atoms with Gasteiger partial charge in [0, 0.05) is 24.7 Å². The number of carbonyl (C=O) groups is 1. The van der Waals surface area contributed by atoms with Crippen LogP contribution in [0, 0.1) is 23.7 Å². The van der Waals surface area contributed by atoms with Crippen molar-refractivity contribution in [1.29, 1.82) is 0 Å². The average Bonchev–Trinajstić information content (AvgIpc) is 3.43. The first-order valence-corrected chi connectivity index (χ1v) is 14.1. The lowest BCUT2D eigenvalue weighted by Gasteiger charge is -2.34. The molecule has 1 aromatic heterocycles. The van der Waals surface area contributed by atoms with Crippen LogP contribution in [0.2, 0.25) is 0 Å². The van der Waals surface area contributed by atoms with Gasteiger partial charge in [-0.05, 0) is 100 Å². The molecule has 1 aromatic carbocycles. The lowest BCUT2D eigenvalue weighted by Crippen LogP contribution is -2.37. The third-order valence-corrected chi connectivity index (χ3v) is 9.03. The number of aryl methyl sites for hydroxylation is 3. The second-order valence-electron chi connectivity index (χ2n) is 11.5. The quantitative estimate of drug-likeness (QED) is 0.445. The number of rotatable bonds is 11. The molecule has 0 spiro atoms. The first-order valence-electron chi connectivity index (χ1n) is 14.1. The second kappa shape index (κ2) is 11.3. The highest BCUT2D eigenvalue weighted by molar-refractivity contribution is 5.70. The minimum Gasteiger partial charge on any atom is -0.481 e. The third kappa shape index (κ3) is 6.17. The van der Waals surface area contributed by atoms with Crippen LogP contribution in [0.1, 0.15) is 81.0 Å². The molecule has 190 valence electrons. The number of carboxylic acids is 1. The minimum absolute atomic E-state index is 0.0955. The maximum absolute atomic E-state index is 11.9. The van der Waals surface area contributed by atoms with Gasteiger partial charge in [0.05, 0.1) is 12.1 Å². The zero-order valence-electron chi connectivity index (χ0n) is 21.4. The Labute approximate surface area is 210 Å². The van der Waals surface area contributed by atoms with E-state index in [-0.39, 0.29) is 5.92 Å². The second-order valence-corrected chi connectivity index (χ2v) is 11.5. The molecule has 5 heteroatoms. The molecule has 5 nitrogen and oxygen atoms in total. The van der Waals surface area contributed by atoms with Gasteiger partial charge in [-0.1, -0.05) is 43.2 Å². The van der Waals surface area contributed by atoms with Gasteiger partial charge in [-0.15, -0.1) is 0 Å². The number of hydrogen-bond acceptors (Lipinski definition) is 3. The predicted octanol–water partition coefficient (Wildman–Crippen LogP) is 5.78. The summed E-state index contributed by atoms with van der Waals surface area (Å²) in [6.45, 7) is 6.62. The zero-order chi connectivity index (χ0) is 24.2. The molecule has 0 amide bonds. The van der Waals surface area contributed by atoms with Gasteiger partial charge >= 0.3 is 5.97 Å². The predicted molar refractivity (Wildman–Crippen MR) is 139 cm³/mol. The number of likely N-dealkylation sites (tertiary alicyclic amines) is 1. The van der Waals surface area contributed by atoms with E-state index in [0.717, 1.165) is 58.3 Å². The number of piperidine rings is 1. The SMILES string of the molecule is CCn1ncc(CCc2ccccc2)c1C1CCN(CC2CCC(C(CC3CC3)C(=O)O)C2)CC1. The van der Waals surface area contributed by atoms with Gasteiger partial charge in [0.25, 0.3) is 0 Å². The molecule has 35 heavy (non-hydrogen) atoms. The van der Waals surface area contributed by atoms with Gasteiger partial charge in [-0.3, -0.25) is 9.48 Å². The highest BCUT2D eigenvalue weighted by Gasteiger charge is 2.39. The van der Waals surface area contributed by atoms with E-state index in [2.05, 4.69) is 53.0 Å². The summed E-state index contributed by atoms with van der Waals surface area (Å²) in [4.78, 5) is 14.5. The highest BCUT2D eigenvalue weighted by Crippen LogP contribution is 2.44. The molecule has 1 N–H and O–H groups in total. The first-order chi connectivity index (χ1) is 17.1. The van der Waals surface area contributed by atoms with Crippen molar-refractivity contribution in [3.8, 4) is 0 Å². The van der Waals surface area contributed by atoms with Crippen molar-refractivity contribution in [3.05, 3.63) is 53.3 Å². The van der Waals surface area contributed by atoms with Crippen molar-refractivity contribution >= 4 is 5.97 Å². The van der Waals surface area contributed by atoms with Gasteiger partial charge in [-0.2, -0.15) is 5.10 Å². The molecule has 1 saturated heterocycles. The van der Waals surface area contributed by atoms with Crippen LogP contribution in [-0.2, 0) is 24.2 Å². The molecular formula is C30H43N3O2. The van der Waals surface area contributed by atoms with Crippen LogP contribution in [0.25, 0.3) is 0 Å². The number of aliphatic carboxylic acids is 1. The van der Waals surface area contributed by atoms with Crippen LogP contribution < -0.4 is 0 Å². The fourth-order valence-electron chi connectivity index (χ4n) is 6.88. The number of hydrogen-bond donors (Lipinski definition) is 1. The van der Waals surface area contributed by atoms with E-state index in [1.165, 1.54) is 48.9 Å². The summed E-state index contributed by atoms with van der Waals surface area (Å²) >= 11 is 0. The monoisotopic (exact) mass is 477 g/mol. The lowest BCUT2D eigenvalue weighted by atomic mass is 9.85. The van der Waals surface area contributed by atoms with Crippen LogP contribution in [0.15, 0.2) is 36.5 Å². The van der Waals surface area contributed by atoms with Crippen LogP contribution in [0.4, 0.5) is 0 Å². The molecule has 2 saturated carbocycles. The third-order valence-electron chi connectivity index (χ3n) is 9.03. The number of nitrogens with zero attached hydrogens (tertiary/aromatic N) is 3. The topological polar surface area (TPSA) is 58.4 Å². The molecule has 0 bridgehead atoms. The van der Waals surface area contributed by atoms with Gasteiger partial charge in [0.15, 0.2) is 0 Å². The van der Waals surface area contributed by atoms with E-state index in [1.807, 2.05) is 0 Å². The van der Waals surface area contributed by atoms with Crippen molar-refractivity contribution < 1.29 is 9.90 Å². The Kier molecular flexibility index (Phi) is 7.91. The Morgan fingerprint density at radius 3 is 2.46 bits per heavy atom. The van der Waals surface area contributed by atoms with Gasteiger partial charge in [0.1, 0.15) is 0 Å². The van der Waals surface area contributed by atoms with E-state index < -0.39 is 5.97 Å². The van der Waals surface area contributed by atoms with Crippen LogP contribution >= 0.6 is 0 Å². The zero-order valence-corrected chi connectivity index (χ0v) is 21.4. The maximum Gasteiger partial charge on any atom is 0.306 e. The van der Waals surface area contributed by atoms with E-state index in [9.17, 15) is 9.90 Å². The van der Waals surface area contributed by atoms with E-state index >= 15 is 0 Å². The summed E-state index contributed by atoms with van der Waals surface area (Å²) in [5.74, 6) is 1.75. The van der Waals surface area contributed by atoms with E-state index in [0.29, 0.717) is 23.7 Å². The Bertz CT molecular complexity index is 959. The van der Waals surface area contributed by atoms with Crippen molar-refractivity contribution in [1.82, 2.24) is 14.7 Å². The van der Waals surface area contributed by atoms with Crippen molar-refractivity contribution in [2.45, 2.75) is 83.6 Å². The fourth-order valence-corrected chi connectivity index (χ4v) is 6.88. The molecular weight excluding hydrogens is 434 g/mol. The van der Waals surface area contributed by atoms with Crippen molar-refractivity contribution in [3.63, 3.8) is 0 Å². The molecule has 1 aliphatic heterocycles. The van der Waals surface area contributed by atoms with E-state index in [4.69, 9.17) is 5.10 Å². The standard InChI is InChI=1S/C30H43N3O2/c1-2-33-29(27(20-31-33)13-10-22-6-4-3-5-7-22)25-14-16-32(17-15-25)21-24-11-12-26(18-24)28(30(34)35)19-23-8-9-23/h3-7,20,23-26,28H,2,8-19,21H2,1H3,(H,34,35). The number of carboxylic acid groups (broad SMARTS) is 1. The van der Waals surface area contributed by atoms with Gasteiger partial charge in [-0.25, -0.2) is 0 Å². The molecule has 3 atom stereocenters. The lowest BCUT2D eigenvalue weighted by molar-refractivity contribution is -0.144. The summed E-state index contributed by atoms with van der Waals surface area (Å²) in [5, 5.41) is 14.5. The molecule has 3 aliphatic rings. The number of aromatic nitrogens is 2. The normalized spacial score (nSPS) is 24.6. The van der Waals surface area contributed by atoms with Crippen molar-refractivity contribution in [2.24, 2.45) is 23.7 Å². The molecule has 5 rings (SSSR count). The van der Waals surface area contributed by atoms with Crippen LogP contribution in [0.5, 0.6) is 0 Å². The molecule has 2 heterocycles. The molecule has 2 aromatic rings. The van der Waals surface area contributed by atoms with E-state index in [1.54, 1.807) is 0 Å². The molecule has 0 radical (unpaired) electrons. The molecule has 3 unspecified atom stereocenters. The maximum atomic E-state index is 11.9. The minimum atomic E-state index is -0.543. The summed E-state index contributed by atoms with van der Waals surface area (Å²) in [5.41, 5.74) is 4.31. The van der Waals surface area contributed by atoms with Crippen molar-refractivity contribution in [2.75, 3.05) is 19.6 Å². The Morgan fingerprint density at radius 1 is 1.03 bits per heavy atom. The summed E-state index contributed by atoms with van der Waals surface area (Å²) in [6.07, 6.45) is 13.5. The summed E-state index contributed by atoms with van der Waals surface area (Å²) < 4.78 is 2.24. The van der Waals surface area contributed by atoms with Gasteiger partial charge in [0.2, 0.25) is 0 Å². The summed E-state index contributed by atoms with van der Waals surface area (Å²) in [7, 11) is 0. The Balaban J connectivity index is 1.13. The van der Waals surface area contributed by atoms with Crippen LogP contribution in [-0.4, -0.2) is 45.4 Å². The van der Waals surface area contributed by atoms with Gasteiger partial charge < -0.3 is 10.0 Å². The highest BCUT2D eigenvalue weighted by atomic mass is 16.4. The van der Waals surface area contributed by atoms with Crippen LogP contribution in [0.3, 0.4) is 0 Å². The molecule has 2 aliphatic carbocycles. The largest absolute Gasteiger partial charge is 0.481 e. The average molecular weight is 478 g/mol. The Hall–Kier alpha value is -2.14. The smallest absolute Gasteiger partial charge is 0.306 e. The first kappa shape index (κ1) is 24.5. The fraction of sp³-hybridized carbons (Fsp3) is 0.667.